The van der Waals surface area contributed by atoms with Crippen LogP contribution in [0.2, 0.25) is 0 Å². The highest BCUT2D eigenvalue weighted by molar-refractivity contribution is 5.73. The number of aliphatic hydroxyl groups is 2. The number of nitrogens with zero attached hydrogens (tertiary/aromatic N) is 2. The minimum absolute atomic E-state index is 0.0490. The van der Waals surface area contributed by atoms with Crippen LogP contribution < -0.4 is 0 Å². The van der Waals surface area contributed by atoms with Gasteiger partial charge in [-0.05, 0) is 64.4 Å². The predicted octanol–water partition coefficient (Wildman–Crippen LogP) is 1.61. The lowest BCUT2D eigenvalue weighted by atomic mass is 10.1. The maximum atomic E-state index is 12.1. The Kier molecular flexibility index (Phi) is 11.5. The van der Waals surface area contributed by atoms with E-state index in [1.54, 1.807) is 4.90 Å². The van der Waals surface area contributed by atoms with Crippen LogP contribution in [0.5, 0.6) is 0 Å². The van der Waals surface area contributed by atoms with Gasteiger partial charge >= 0.3 is 0 Å². The molecule has 2 rings (SSSR count). The van der Waals surface area contributed by atoms with E-state index in [9.17, 15) is 15.0 Å². The van der Waals surface area contributed by atoms with Gasteiger partial charge in [0.1, 0.15) is 29.8 Å². The summed E-state index contributed by atoms with van der Waals surface area (Å²) in [6.45, 7) is 7.73. The second-order valence-electron chi connectivity index (χ2n) is 8.39. The molecule has 8 heteroatoms. The molecule has 0 aliphatic carbocycles. The molecule has 8 nitrogen and oxygen atoms in total. The first kappa shape index (κ1) is 25.8. The largest absolute Gasteiger partial charge is 0.466 e. The first-order valence-corrected chi connectivity index (χ1v) is 11.4. The van der Waals surface area contributed by atoms with Crippen LogP contribution in [0, 0.1) is 6.92 Å². The van der Waals surface area contributed by atoms with Crippen molar-refractivity contribution < 1.29 is 28.9 Å². The van der Waals surface area contributed by atoms with Crippen molar-refractivity contribution >= 4 is 5.91 Å². The Bertz CT molecular complexity index is 637. The van der Waals surface area contributed by atoms with Crippen LogP contribution in [0.1, 0.15) is 44.1 Å². The van der Waals surface area contributed by atoms with E-state index in [4.69, 9.17) is 13.9 Å². The number of carbonyl (C=O) groups excluding carboxylic acids is 1. The van der Waals surface area contributed by atoms with E-state index in [-0.39, 0.29) is 19.1 Å². The second-order valence-corrected chi connectivity index (χ2v) is 8.39. The average molecular weight is 441 g/mol. The topological polar surface area (TPSA) is 95.6 Å². The highest BCUT2D eigenvalue weighted by Crippen LogP contribution is 2.12. The molecule has 1 fully saturated rings. The molecule has 0 bridgehead atoms. The summed E-state index contributed by atoms with van der Waals surface area (Å²) in [6.07, 6.45) is 1.83. The van der Waals surface area contributed by atoms with Gasteiger partial charge in [-0.15, -0.1) is 0 Å². The van der Waals surface area contributed by atoms with E-state index in [1.807, 2.05) is 19.1 Å². The van der Waals surface area contributed by atoms with Crippen molar-refractivity contribution in [2.45, 2.75) is 64.3 Å². The Balaban J connectivity index is 1.94. The van der Waals surface area contributed by atoms with Crippen molar-refractivity contribution in [1.29, 1.82) is 0 Å². The van der Waals surface area contributed by atoms with Gasteiger partial charge in [0.05, 0.1) is 6.61 Å². The fourth-order valence-electron chi connectivity index (χ4n) is 3.92. The van der Waals surface area contributed by atoms with E-state index in [0.29, 0.717) is 13.2 Å². The van der Waals surface area contributed by atoms with Crippen molar-refractivity contribution in [2.75, 3.05) is 53.0 Å². The first-order chi connectivity index (χ1) is 14.9. The van der Waals surface area contributed by atoms with Crippen LogP contribution in [-0.2, 0) is 20.7 Å². The molecular formula is C23H40N2O6. The van der Waals surface area contributed by atoms with Crippen LogP contribution in [0.3, 0.4) is 0 Å². The number of methoxy groups -OCH3 is 1. The van der Waals surface area contributed by atoms with Gasteiger partial charge in [-0.1, -0.05) is 0 Å². The molecule has 178 valence electrons. The molecule has 3 atom stereocenters. The molecule has 0 unspecified atom stereocenters. The van der Waals surface area contributed by atoms with E-state index in [1.165, 1.54) is 14.0 Å². The third-order valence-corrected chi connectivity index (χ3v) is 5.82. The fraction of sp³-hybridized carbons (Fsp3) is 0.783. The molecule has 2 N–H and O–H groups in total. The highest BCUT2D eigenvalue weighted by Gasteiger charge is 2.29. The van der Waals surface area contributed by atoms with Gasteiger partial charge in [-0.25, -0.2) is 0 Å². The van der Waals surface area contributed by atoms with Crippen LogP contribution >= 0.6 is 0 Å². The molecule has 0 radical (unpaired) electrons. The summed E-state index contributed by atoms with van der Waals surface area (Å²) in [7, 11) is 1.48. The molecule has 1 aliphatic heterocycles. The molecule has 0 aromatic carbocycles. The maximum Gasteiger partial charge on any atom is 0.219 e. The quantitative estimate of drug-likeness (QED) is 0.718. The number of hydrogen-bond donors (Lipinski definition) is 2. The summed E-state index contributed by atoms with van der Waals surface area (Å²) in [5, 5.41) is 20.7. The maximum absolute atomic E-state index is 12.1. The third-order valence-electron chi connectivity index (χ3n) is 5.82. The lowest BCUT2D eigenvalue weighted by molar-refractivity contribution is -0.136. The van der Waals surface area contributed by atoms with E-state index in [2.05, 4.69) is 4.90 Å². The van der Waals surface area contributed by atoms with E-state index < -0.39 is 18.3 Å². The van der Waals surface area contributed by atoms with Crippen molar-refractivity contribution in [1.82, 2.24) is 9.80 Å². The number of rotatable bonds is 5. The Labute approximate surface area is 186 Å². The van der Waals surface area contributed by atoms with Gasteiger partial charge in [0.2, 0.25) is 5.91 Å². The van der Waals surface area contributed by atoms with Gasteiger partial charge in [-0.3, -0.25) is 4.79 Å². The minimum atomic E-state index is -1.11. The van der Waals surface area contributed by atoms with Crippen LogP contribution in [0.15, 0.2) is 16.5 Å². The molecule has 1 aromatic rings. The number of carbonyl (C=O) groups is 1. The molecule has 2 heterocycles. The summed E-state index contributed by atoms with van der Waals surface area (Å²) in [4.78, 5) is 16.3. The normalized spacial score (nSPS) is 25.7. The number of hydrogen-bond acceptors (Lipinski definition) is 7. The summed E-state index contributed by atoms with van der Waals surface area (Å²) >= 11 is 0. The fourth-order valence-corrected chi connectivity index (χ4v) is 3.92. The standard InChI is InChI=1S/C23H40N2O6/c1-18-9-10-20(31-18)8-6-12-24-11-4-5-15-30-17-21(27)23(28)22(29-3)16-25(19(2)26)14-7-13-24/h9-10,21-23,27-28H,4-8,11-17H2,1-3H3/t21-,22-,23-/m0/s1. The van der Waals surface area contributed by atoms with Crippen molar-refractivity contribution in [3.63, 3.8) is 0 Å². The molecule has 0 saturated carbocycles. The monoisotopic (exact) mass is 440 g/mol. The van der Waals surface area contributed by atoms with Crippen molar-refractivity contribution in [3.05, 3.63) is 23.7 Å². The number of ether oxygens (including phenoxy) is 2. The van der Waals surface area contributed by atoms with Gasteiger partial charge in [-0.2, -0.15) is 0 Å². The summed E-state index contributed by atoms with van der Waals surface area (Å²) in [5.41, 5.74) is 0. The van der Waals surface area contributed by atoms with E-state index in [0.717, 1.165) is 63.3 Å². The van der Waals surface area contributed by atoms with Gasteiger partial charge < -0.3 is 33.9 Å². The molecular weight excluding hydrogens is 400 g/mol. The van der Waals surface area contributed by atoms with Crippen LogP contribution in [-0.4, -0.2) is 97.3 Å². The zero-order valence-corrected chi connectivity index (χ0v) is 19.3. The summed E-state index contributed by atoms with van der Waals surface area (Å²) in [5.74, 6) is 1.90. The van der Waals surface area contributed by atoms with Gasteiger partial charge in [0.25, 0.3) is 0 Å². The Morgan fingerprint density at radius 2 is 1.97 bits per heavy atom. The molecule has 1 amide bonds. The number of aliphatic hydroxyl groups excluding tert-OH is 2. The molecule has 1 saturated heterocycles. The highest BCUT2D eigenvalue weighted by atomic mass is 16.5. The number of aryl methyl sites for hydroxylation is 2. The average Bonchev–Trinajstić information content (AvgIpc) is 3.15. The zero-order valence-electron chi connectivity index (χ0n) is 19.3. The smallest absolute Gasteiger partial charge is 0.219 e. The second kappa shape index (κ2) is 13.9. The van der Waals surface area contributed by atoms with Gasteiger partial charge in [0, 0.05) is 40.2 Å². The Morgan fingerprint density at radius 3 is 2.65 bits per heavy atom. The Morgan fingerprint density at radius 1 is 1.19 bits per heavy atom. The predicted molar refractivity (Wildman–Crippen MR) is 118 cm³/mol. The summed E-state index contributed by atoms with van der Waals surface area (Å²) < 4.78 is 16.6. The molecule has 1 aromatic heterocycles. The number of furan rings is 1. The van der Waals surface area contributed by atoms with Gasteiger partial charge in [0.15, 0.2) is 0 Å². The summed E-state index contributed by atoms with van der Waals surface area (Å²) in [6, 6.07) is 4.04. The number of amides is 1. The SMILES string of the molecule is CO[C@H]1CN(C(C)=O)CCCN(CCCc2ccc(C)o2)CCCCOC[C@H](O)[C@@H]1O. The van der Waals surface area contributed by atoms with Crippen LogP contribution in [0.25, 0.3) is 0 Å². The molecule has 0 spiro atoms. The Hall–Kier alpha value is -1.45. The first-order valence-electron chi connectivity index (χ1n) is 11.4. The van der Waals surface area contributed by atoms with Crippen molar-refractivity contribution in [2.24, 2.45) is 0 Å². The minimum Gasteiger partial charge on any atom is -0.466 e. The van der Waals surface area contributed by atoms with Crippen molar-refractivity contribution in [3.8, 4) is 0 Å². The molecule has 31 heavy (non-hydrogen) atoms. The van der Waals surface area contributed by atoms with E-state index >= 15 is 0 Å². The lowest BCUT2D eigenvalue weighted by Gasteiger charge is -2.31. The third kappa shape index (κ3) is 9.29. The molecule has 1 aliphatic rings. The lowest BCUT2D eigenvalue weighted by Crippen LogP contribution is -2.48. The van der Waals surface area contributed by atoms with Crippen LogP contribution in [0.4, 0.5) is 0 Å². The zero-order chi connectivity index (χ0) is 22.6.